The number of aliphatic hydroxyl groups excluding tert-OH is 1. The molecule has 3 heterocycles. The van der Waals surface area contributed by atoms with Gasteiger partial charge in [0.2, 0.25) is 17.7 Å². The first-order valence-electron chi connectivity index (χ1n) is 13.2. The molecule has 10 heteroatoms. The Morgan fingerprint density at radius 1 is 1.30 bits per heavy atom. The SMILES string of the molecule is C=CCCC(=O)NC[C@@H](C)OC(=O)[C@@H]1[C@@H]2CC[C@]3(O2)[C@H](C(=O)N(CC=C)C(C)C)N(CCCO)C(=O)[C@@H]13. The minimum absolute atomic E-state index is 0.127. The van der Waals surface area contributed by atoms with Crippen molar-refractivity contribution in [3.63, 3.8) is 0 Å². The summed E-state index contributed by atoms with van der Waals surface area (Å²) in [4.78, 5) is 56.0. The van der Waals surface area contributed by atoms with Gasteiger partial charge in [-0.05, 0) is 46.5 Å². The van der Waals surface area contributed by atoms with Crippen LogP contribution >= 0.6 is 0 Å². The van der Waals surface area contributed by atoms with Crippen LogP contribution in [0.3, 0.4) is 0 Å². The quantitative estimate of drug-likeness (QED) is 0.261. The Kier molecular flexibility index (Phi) is 9.52. The molecule has 3 fully saturated rings. The first kappa shape index (κ1) is 28.8. The van der Waals surface area contributed by atoms with Crippen LogP contribution in [0.5, 0.6) is 0 Å². The van der Waals surface area contributed by atoms with Crippen molar-refractivity contribution in [2.24, 2.45) is 11.8 Å². The second-order valence-corrected chi connectivity index (χ2v) is 10.4. The molecule has 0 aromatic rings. The highest BCUT2D eigenvalue weighted by molar-refractivity contribution is 5.98. The van der Waals surface area contributed by atoms with Gasteiger partial charge in [-0.25, -0.2) is 0 Å². The van der Waals surface area contributed by atoms with Gasteiger partial charge in [-0.1, -0.05) is 12.2 Å². The zero-order valence-electron chi connectivity index (χ0n) is 22.2. The summed E-state index contributed by atoms with van der Waals surface area (Å²) in [6.07, 6.45) is 4.38. The molecular formula is C27H41N3O7. The molecule has 3 aliphatic heterocycles. The number of nitrogens with zero attached hydrogens (tertiary/aromatic N) is 2. The molecule has 2 bridgehead atoms. The minimum atomic E-state index is -1.12. The molecule has 0 unspecified atom stereocenters. The zero-order valence-corrected chi connectivity index (χ0v) is 22.2. The van der Waals surface area contributed by atoms with Crippen molar-refractivity contribution in [3.05, 3.63) is 25.3 Å². The smallest absolute Gasteiger partial charge is 0.312 e. The van der Waals surface area contributed by atoms with E-state index in [9.17, 15) is 24.3 Å². The van der Waals surface area contributed by atoms with Gasteiger partial charge in [0.15, 0.2) is 0 Å². The topological polar surface area (TPSA) is 125 Å². The Morgan fingerprint density at radius 3 is 2.65 bits per heavy atom. The van der Waals surface area contributed by atoms with Crippen LogP contribution in [-0.2, 0) is 28.7 Å². The van der Waals surface area contributed by atoms with Crippen molar-refractivity contribution >= 4 is 23.7 Å². The molecule has 37 heavy (non-hydrogen) atoms. The fraction of sp³-hybridized carbons (Fsp3) is 0.704. The Balaban J connectivity index is 1.82. The zero-order chi connectivity index (χ0) is 27.3. The fourth-order valence-corrected chi connectivity index (χ4v) is 5.93. The maximum absolute atomic E-state index is 13.9. The van der Waals surface area contributed by atoms with Crippen LogP contribution in [0.2, 0.25) is 0 Å². The standard InChI is InChI=1S/C27H41N3O7/c1-6-8-10-20(32)28-16-18(5)36-26(35)21-19-11-12-27(37-19)22(21)24(33)30(14-9-15-31)23(27)25(34)29(13-7-2)17(3)4/h6-7,17-19,21-23,31H,1-2,8-16H2,3-5H3,(H,28,32)/t18-,19+,21-,22-,23+,27-/m1/s1. The van der Waals surface area contributed by atoms with Crippen LogP contribution in [0.25, 0.3) is 0 Å². The van der Waals surface area contributed by atoms with E-state index in [4.69, 9.17) is 9.47 Å². The number of ether oxygens (including phenoxy) is 2. The number of rotatable bonds is 14. The summed E-state index contributed by atoms with van der Waals surface area (Å²) in [5.74, 6) is -2.94. The van der Waals surface area contributed by atoms with Gasteiger partial charge in [-0.2, -0.15) is 0 Å². The first-order valence-corrected chi connectivity index (χ1v) is 13.2. The highest BCUT2D eigenvalue weighted by Gasteiger charge is 2.75. The molecule has 1 spiro atoms. The molecule has 6 atom stereocenters. The van der Waals surface area contributed by atoms with E-state index in [0.29, 0.717) is 38.6 Å². The Morgan fingerprint density at radius 2 is 2.03 bits per heavy atom. The number of carbonyl (C=O) groups is 4. The van der Waals surface area contributed by atoms with Crippen molar-refractivity contribution in [2.75, 3.05) is 26.2 Å². The lowest BCUT2D eigenvalue weighted by atomic mass is 9.70. The molecule has 3 aliphatic rings. The Hall–Kier alpha value is -2.72. The van der Waals surface area contributed by atoms with Gasteiger partial charge in [0, 0.05) is 32.2 Å². The second kappa shape index (κ2) is 12.2. The van der Waals surface area contributed by atoms with Crippen molar-refractivity contribution in [3.8, 4) is 0 Å². The molecular weight excluding hydrogens is 478 g/mol. The molecule has 2 N–H and O–H groups in total. The van der Waals surface area contributed by atoms with Crippen molar-refractivity contribution < 1.29 is 33.8 Å². The largest absolute Gasteiger partial charge is 0.460 e. The maximum atomic E-state index is 13.9. The average molecular weight is 520 g/mol. The molecule has 3 rings (SSSR count). The van der Waals surface area contributed by atoms with E-state index in [2.05, 4.69) is 18.5 Å². The summed E-state index contributed by atoms with van der Waals surface area (Å²) < 4.78 is 12.0. The second-order valence-electron chi connectivity index (χ2n) is 10.4. The summed E-state index contributed by atoms with van der Waals surface area (Å²) in [6.45, 7) is 13.4. The third kappa shape index (κ3) is 5.60. The third-order valence-corrected chi connectivity index (χ3v) is 7.58. The number of hydrogen-bond acceptors (Lipinski definition) is 7. The number of nitrogens with one attached hydrogen (secondary N) is 1. The monoisotopic (exact) mass is 519 g/mol. The molecule has 0 aromatic heterocycles. The molecule has 3 saturated heterocycles. The van der Waals surface area contributed by atoms with Gasteiger partial charge in [-0.15, -0.1) is 13.2 Å². The van der Waals surface area contributed by atoms with Crippen molar-refractivity contribution in [2.45, 2.75) is 82.8 Å². The maximum Gasteiger partial charge on any atom is 0.312 e. The van der Waals surface area contributed by atoms with Gasteiger partial charge in [-0.3, -0.25) is 19.2 Å². The predicted molar refractivity (Wildman–Crippen MR) is 136 cm³/mol. The van der Waals surface area contributed by atoms with Crippen LogP contribution < -0.4 is 5.32 Å². The van der Waals surface area contributed by atoms with Crippen LogP contribution in [0, 0.1) is 11.8 Å². The Bertz CT molecular complexity index is 906. The van der Waals surface area contributed by atoms with Gasteiger partial charge in [0.1, 0.15) is 17.7 Å². The van der Waals surface area contributed by atoms with Crippen molar-refractivity contribution in [1.82, 2.24) is 15.1 Å². The van der Waals surface area contributed by atoms with Crippen LogP contribution in [0.1, 0.15) is 52.9 Å². The molecule has 0 aromatic carbocycles. The third-order valence-electron chi connectivity index (χ3n) is 7.58. The van der Waals surface area contributed by atoms with E-state index < -0.39 is 41.7 Å². The summed E-state index contributed by atoms with van der Waals surface area (Å²) in [5.41, 5.74) is -1.12. The molecule has 0 saturated carbocycles. The van der Waals surface area contributed by atoms with Crippen LogP contribution in [0.4, 0.5) is 0 Å². The number of likely N-dealkylation sites (tertiary alicyclic amines) is 1. The van der Waals surface area contributed by atoms with Gasteiger partial charge >= 0.3 is 5.97 Å². The highest BCUT2D eigenvalue weighted by Crippen LogP contribution is 2.58. The number of allylic oxidation sites excluding steroid dienone is 1. The fourth-order valence-electron chi connectivity index (χ4n) is 5.93. The van der Waals surface area contributed by atoms with E-state index in [1.54, 1.807) is 24.0 Å². The lowest BCUT2D eigenvalue weighted by molar-refractivity contribution is -0.159. The highest BCUT2D eigenvalue weighted by atomic mass is 16.6. The molecule has 0 aliphatic carbocycles. The van der Waals surface area contributed by atoms with E-state index in [0.717, 1.165) is 0 Å². The lowest BCUT2D eigenvalue weighted by Crippen LogP contribution is -2.57. The number of amides is 3. The Labute approximate surface area is 219 Å². The predicted octanol–water partition coefficient (Wildman–Crippen LogP) is 1.18. The van der Waals surface area contributed by atoms with Gasteiger partial charge in [0.25, 0.3) is 0 Å². The normalized spacial score (nSPS) is 28.7. The minimum Gasteiger partial charge on any atom is -0.460 e. The lowest BCUT2D eigenvalue weighted by Gasteiger charge is -2.38. The summed E-state index contributed by atoms with van der Waals surface area (Å²) >= 11 is 0. The summed E-state index contributed by atoms with van der Waals surface area (Å²) in [5, 5.41) is 12.2. The number of aliphatic hydroxyl groups is 1. The number of carbonyl (C=O) groups excluding carboxylic acids is 4. The van der Waals surface area contributed by atoms with Crippen LogP contribution in [-0.4, -0.2) is 94.7 Å². The van der Waals surface area contributed by atoms with E-state index in [-0.39, 0.29) is 43.5 Å². The van der Waals surface area contributed by atoms with Crippen LogP contribution in [0.15, 0.2) is 25.3 Å². The van der Waals surface area contributed by atoms with E-state index in [1.165, 1.54) is 4.90 Å². The number of hydrogen-bond donors (Lipinski definition) is 2. The molecule has 3 amide bonds. The van der Waals surface area contributed by atoms with Crippen molar-refractivity contribution in [1.29, 1.82) is 0 Å². The van der Waals surface area contributed by atoms with Gasteiger partial charge in [0.05, 0.1) is 24.5 Å². The average Bonchev–Trinajstić information content (AvgIpc) is 3.50. The number of esters is 1. The van der Waals surface area contributed by atoms with E-state index in [1.807, 2.05) is 13.8 Å². The number of fused-ring (bicyclic) bond motifs is 1. The molecule has 206 valence electrons. The molecule has 10 nitrogen and oxygen atoms in total. The first-order chi connectivity index (χ1) is 17.6. The summed E-state index contributed by atoms with van der Waals surface area (Å²) in [7, 11) is 0. The van der Waals surface area contributed by atoms with Gasteiger partial charge < -0.3 is 29.7 Å². The summed E-state index contributed by atoms with van der Waals surface area (Å²) in [6, 6.07) is -1.01. The molecule has 0 radical (unpaired) electrons. The van der Waals surface area contributed by atoms with E-state index >= 15 is 0 Å².